The molecule has 0 saturated heterocycles. The molecule has 0 saturated carbocycles. The summed E-state index contributed by atoms with van der Waals surface area (Å²) in [5.41, 5.74) is 1.90. The second kappa shape index (κ2) is 7.09. The number of amides is 1. The van der Waals surface area contributed by atoms with Crippen LogP contribution in [0.4, 0.5) is 10.1 Å². The fraction of sp³-hybridized carbons (Fsp3) is 0.0952. The number of hydrogen-bond acceptors (Lipinski definition) is 4. The van der Waals surface area contributed by atoms with Crippen LogP contribution in [0.2, 0.25) is 0 Å². The number of fused-ring (bicyclic) bond motifs is 1. The normalized spacial score (nSPS) is 13.1. The van der Waals surface area contributed by atoms with E-state index in [-0.39, 0.29) is 28.8 Å². The lowest BCUT2D eigenvalue weighted by Crippen LogP contribution is -2.05. The van der Waals surface area contributed by atoms with Crippen molar-refractivity contribution in [3.8, 4) is 11.5 Å². The maximum absolute atomic E-state index is 13.0. The number of anilines is 1. The fourth-order valence-corrected chi connectivity index (χ4v) is 4.42. The molecular weight excluding hydrogens is 381 g/mol. The zero-order valence-electron chi connectivity index (χ0n) is 14.7. The summed E-state index contributed by atoms with van der Waals surface area (Å²) in [6.45, 7) is 0. The first-order chi connectivity index (χ1) is 13.4. The van der Waals surface area contributed by atoms with Crippen LogP contribution >= 0.6 is 0 Å². The number of carbonyl (C=O) groups is 1. The second-order valence-electron chi connectivity index (χ2n) is 6.51. The first-order valence-corrected chi connectivity index (χ1v) is 10.2. The molecule has 0 spiro atoms. The van der Waals surface area contributed by atoms with Gasteiger partial charge in [-0.15, -0.1) is 0 Å². The average molecular weight is 397 g/mol. The van der Waals surface area contributed by atoms with Gasteiger partial charge in [-0.2, -0.15) is 0 Å². The molecule has 142 valence electrons. The number of benzene rings is 3. The first kappa shape index (κ1) is 18.2. The molecule has 0 fully saturated rings. The van der Waals surface area contributed by atoms with Gasteiger partial charge in [-0.3, -0.25) is 4.79 Å². The smallest absolute Gasteiger partial charge is 0.228 e. The summed E-state index contributed by atoms with van der Waals surface area (Å²) in [4.78, 5) is 11.6. The summed E-state index contributed by atoms with van der Waals surface area (Å²) < 4.78 is 44.3. The SMILES string of the molecule is O=C1Cc2cc(S(=O)(=O)Cc3cccc(Oc4ccc(F)cc4)c3)ccc2N1. The van der Waals surface area contributed by atoms with E-state index in [9.17, 15) is 17.6 Å². The van der Waals surface area contributed by atoms with Crippen LogP contribution in [0, 0.1) is 5.82 Å². The predicted octanol–water partition coefficient (Wildman–Crippen LogP) is 4.09. The molecule has 5 nitrogen and oxygen atoms in total. The van der Waals surface area contributed by atoms with Crippen molar-refractivity contribution >= 4 is 21.4 Å². The van der Waals surface area contributed by atoms with Gasteiger partial charge in [0.1, 0.15) is 17.3 Å². The molecule has 0 bridgehead atoms. The lowest BCUT2D eigenvalue weighted by Gasteiger charge is -2.09. The molecular formula is C21H16FNO4S. The molecule has 0 aromatic heterocycles. The largest absolute Gasteiger partial charge is 0.457 e. The van der Waals surface area contributed by atoms with Crippen LogP contribution in [-0.2, 0) is 26.8 Å². The van der Waals surface area contributed by atoms with E-state index >= 15 is 0 Å². The Balaban J connectivity index is 1.54. The number of nitrogens with one attached hydrogen (secondary N) is 1. The first-order valence-electron chi connectivity index (χ1n) is 8.57. The lowest BCUT2D eigenvalue weighted by molar-refractivity contribution is -0.115. The van der Waals surface area contributed by atoms with E-state index in [0.29, 0.717) is 28.3 Å². The number of rotatable bonds is 5. The van der Waals surface area contributed by atoms with E-state index < -0.39 is 9.84 Å². The second-order valence-corrected chi connectivity index (χ2v) is 8.50. The third kappa shape index (κ3) is 3.89. The highest BCUT2D eigenvalue weighted by Crippen LogP contribution is 2.28. The minimum Gasteiger partial charge on any atom is -0.457 e. The molecule has 4 rings (SSSR count). The molecule has 0 aliphatic carbocycles. The third-order valence-electron chi connectivity index (χ3n) is 4.37. The zero-order valence-corrected chi connectivity index (χ0v) is 15.5. The van der Waals surface area contributed by atoms with Crippen LogP contribution in [0.3, 0.4) is 0 Å². The summed E-state index contributed by atoms with van der Waals surface area (Å²) in [5.74, 6) is 0.210. The molecule has 28 heavy (non-hydrogen) atoms. The summed E-state index contributed by atoms with van der Waals surface area (Å²) in [5, 5.41) is 2.69. The van der Waals surface area contributed by atoms with Gasteiger partial charge >= 0.3 is 0 Å². The van der Waals surface area contributed by atoms with Crippen molar-refractivity contribution in [2.24, 2.45) is 0 Å². The summed E-state index contributed by atoms with van der Waals surface area (Å²) >= 11 is 0. The highest BCUT2D eigenvalue weighted by Gasteiger charge is 2.22. The van der Waals surface area contributed by atoms with Crippen molar-refractivity contribution in [3.63, 3.8) is 0 Å². The van der Waals surface area contributed by atoms with E-state index in [2.05, 4.69) is 5.32 Å². The van der Waals surface area contributed by atoms with Crippen LogP contribution in [0.25, 0.3) is 0 Å². The Labute approximate surface area is 161 Å². The highest BCUT2D eigenvalue weighted by atomic mass is 32.2. The van der Waals surface area contributed by atoms with Crippen LogP contribution in [0.5, 0.6) is 11.5 Å². The van der Waals surface area contributed by atoms with Crippen molar-refractivity contribution in [2.45, 2.75) is 17.1 Å². The highest BCUT2D eigenvalue weighted by molar-refractivity contribution is 7.90. The molecule has 7 heteroatoms. The van der Waals surface area contributed by atoms with Crippen molar-refractivity contribution in [3.05, 3.63) is 83.7 Å². The van der Waals surface area contributed by atoms with Gasteiger partial charge in [0, 0.05) is 5.69 Å². The van der Waals surface area contributed by atoms with Gasteiger partial charge in [0.05, 0.1) is 17.1 Å². The van der Waals surface area contributed by atoms with Crippen LogP contribution < -0.4 is 10.1 Å². The molecule has 0 unspecified atom stereocenters. The van der Waals surface area contributed by atoms with Crippen molar-refractivity contribution in [1.82, 2.24) is 0 Å². The fourth-order valence-electron chi connectivity index (χ4n) is 3.04. The van der Waals surface area contributed by atoms with E-state index in [1.165, 1.54) is 30.3 Å². The molecule has 1 heterocycles. The van der Waals surface area contributed by atoms with Gasteiger partial charge < -0.3 is 10.1 Å². The molecule has 3 aromatic rings. The molecule has 1 aliphatic heterocycles. The molecule has 1 amide bonds. The maximum atomic E-state index is 13.0. The zero-order chi connectivity index (χ0) is 19.7. The van der Waals surface area contributed by atoms with Gasteiger partial charge in [0.2, 0.25) is 5.91 Å². The molecule has 0 atom stereocenters. The van der Waals surface area contributed by atoms with Gasteiger partial charge in [0.15, 0.2) is 9.84 Å². The molecule has 3 aromatic carbocycles. The average Bonchev–Trinajstić information content (AvgIpc) is 3.03. The van der Waals surface area contributed by atoms with Crippen LogP contribution in [-0.4, -0.2) is 14.3 Å². The Bertz CT molecular complexity index is 1160. The summed E-state index contributed by atoms with van der Waals surface area (Å²) in [7, 11) is -3.59. The molecule has 0 radical (unpaired) electrons. The lowest BCUT2D eigenvalue weighted by atomic mass is 10.2. The Kier molecular flexibility index (Phi) is 4.60. The topological polar surface area (TPSA) is 72.5 Å². The van der Waals surface area contributed by atoms with Gasteiger partial charge in [-0.1, -0.05) is 12.1 Å². The van der Waals surface area contributed by atoms with Gasteiger partial charge in [0.25, 0.3) is 0 Å². The van der Waals surface area contributed by atoms with Crippen molar-refractivity contribution in [2.75, 3.05) is 5.32 Å². The minimum absolute atomic E-state index is 0.143. The van der Waals surface area contributed by atoms with E-state index in [4.69, 9.17) is 4.74 Å². The number of hydrogen-bond donors (Lipinski definition) is 1. The summed E-state index contributed by atoms with van der Waals surface area (Å²) in [6, 6.07) is 17.0. The Morgan fingerprint density at radius 1 is 0.964 bits per heavy atom. The number of halogens is 1. The standard InChI is InChI=1S/C21H16FNO4S/c22-16-4-6-17(7-5-16)27-18-3-1-2-14(10-18)13-28(25,26)19-8-9-20-15(11-19)12-21(24)23-20/h1-11H,12-13H2,(H,23,24). The Morgan fingerprint density at radius 2 is 1.75 bits per heavy atom. The quantitative estimate of drug-likeness (QED) is 0.704. The Hall–Kier alpha value is -3.19. The monoisotopic (exact) mass is 397 g/mol. The molecule has 1 aliphatic rings. The molecule has 1 N–H and O–H groups in total. The van der Waals surface area contributed by atoms with Crippen LogP contribution in [0.15, 0.2) is 71.6 Å². The number of carbonyl (C=O) groups excluding carboxylic acids is 1. The predicted molar refractivity (Wildman–Crippen MR) is 103 cm³/mol. The minimum atomic E-state index is -3.59. The third-order valence-corrected chi connectivity index (χ3v) is 6.05. The van der Waals surface area contributed by atoms with Gasteiger partial charge in [-0.05, 0) is 65.7 Å². The van der Waals surface area contributed by atoms with E-state index in [1.54, 1.807) is 36.4 Å². The van der Waals surface area contributed by atoms with Crippen LogP contribution in [0.1, 0.15) is 11.1 Å². The Morgan fingerprint density at radius 3 is 2.54 bits per heavy atom. The van der Waals surface area contributed by atoms with Gasteiger partial charge in [-0.25, -0.2) is 12.8 Å². The number of sulfone groups is 1. The van der Waals surface area contributed by atoms with Crippen molar-refractivity contribution in [1.29, 1.82) is 0 Å². The van der Waals surface area contributed by atoms with Crippen molar-refractivity contribution < 1.29 is 22.3 Å². The number of ether oxygens (including phenoxy) is 1. The van der Waals surface area contributed by atoms with E-state index in [1.807, 2.05) is 0 Å². The van der Waals surface area contributed by atoms with E-state index in [0.717, 1.165) is 0 Å². The summed E-state index contributed by atoms with van der Waals surface area (Å²) in [6.07, 6.45) is 0.180. The maximum Gasteiger partial charge on any atom is 0.228 e.